The number of amides is 1. The Labute approximate surface area is 198 Å². The van der Waals surface area contributed by atoms with Gasteiger partial charge in [0.1, 0.15) is 12.2 Å². The van der Waals surface area contributed by atoms with Crippen molar-refractivity contribution in [3.05, 3.63) is 113 Å². The van der Waals surface area contributed by atoms with Gasteiger partial charge in [0.15, 0.2) is 0 Å². The molecule has 170 valence electrons. The molecule has 5 rings (SSSR count). The Balaban J connectivity index is 1.22. The highest BCUT2D eigenvalue weighted by Gasteiger charge is 2.46. The molecule has 1 fully saturated rings. The van der Waals surface area contributed by atoms with Crippen LogP contribution in [0.1, 0.15) is 36.0 Å². The lowest BCUT2D eigenvalue weighted by Gasteiger charge is -2.14. The van der Waals surface area contributed by atoms with Crippen LogP contribution in [-0.2, 0) is 26.5 Å². The zero-order valence-electron chi connectivity index (χ0n) is 18.7. The number of nitrogens with one attached hydrogen (secondary N) is 1. The topological polar surface area (TPSA) is 64.6 Å². The van der Waals surface area contributed by atoms with Crippen molar-refractivity contribution in [2.45, 2.75) is 31.5 Å². The summed E-state index contributed by atoms with van der Waals surface area (Å²) in [5.41, 5.74) is 6.53. The van der Waals surface area contributed by atoms with Gasteiger partial charge in [-0.25, -0.2) is 4.79 Å². The van der Waals surface area contributed by atoms with Gasteiger partial charge in [0.05, 0.1) is 0 Å². The van der Waals surface area contributed by atoms with Crippen molar-refractivity contribution in [1.29, 1.82) is 0 Å². The summed E-state index contributed by atoms with van der Waals surface area (Å²) in [5, 5.41) is 2.88. The fraction of sp³-hybridized carbons (Fsp3) is 0.172. The van der Waals surface area contributed by atoms with E-state index in [1.54, 1.807) is 0 Å². The Morgan fingerprint density at radius 3 is 2.15 bits per heavy atom. The van der Waals surface area contributed by atoms with Crippen LogP contribution in [0.25, 0.3) is 16.7 Å². The Hall–Kier alpha value is -4.12. The minimum atomic E-state index is -0.466. The molecule has 0 atom stereocenters. The molecule has 1 saturated carbocycles. The Morgan fingerprint density at radius 2 is 1.50 bits per heavy atom. The van der Waals surface area contributed by atoms with E-state index in [2.05, 4.69) is 47.8 Å². The van der Waals surface area contributed by atoms with Crippen LogP contribution in [0.15, 0.2) is 96.7 Å². The molecule has 1 amide bonds. The smallest absolute Gasteiger partial charge is 0.411 e. The number of ether oxygens (including phenoxy) is 2. The molecular weight excluding hydrogens is 426 g/mol. The van der Waals surface area contributed by atoms with E-state index in [-0.39, 0.29) is 6.61 Å². The molecule has 1 N–H and O–H groups in total. The van der Waals surface area contributed by atoms with E-state index < -0.39 is 11.7 Å². The number of alkyl carbamates (subject to hydrolysis) is 1. The first-order chi connectivity index (χ1) is 16.7. The van der Waals surface area contributed by atoms with Crippen LogP contribution in [0.3, 0.4) is 0 Å². The number of rotatable bonds is 8. The van der Waals surface area contributed by atoms with Crippen molar-refractivity contribution in [2.75, 3.05) is 0 Å². The maximum atomic E-state index is 12.3. The monoisotopic (exact) mass is 451 g/mol. The van der Waals surface area contributed by atoms with Gasteiger partial charge in [-0.15, -0.1) is 0 Å². The summed E-state index contributed by atoms with van der Waals surface area (Å²) in [6.07, 6.45) is 6.13. The fourth-order valence-corrected chi connectivity index (χ4v) is 4.26. The number of carbonyl (C=O) groups excluding carboxylic acids is 2. The lowest BCUT2D eigenvalue weighted by Crippen LogP contribution is -2.23. The second-order valence-electron chi connectivity index (χ2n) is 8.52. The summed E-state index contributed by atoms with van der Waals surface area (Å²) in [7, 11) is 0. The zero-order chi connectivity index (χ0) is 23.4. The fourth-order valence-electron chi connectivity index (χ4n) is 4.26. The molecule has 0 bridgehead atoms. The number of allylic oxidation sites excluding steroid dienone is 3. The summed E-state index contributed by atoms with van der Waals surface area (Å²) >= 11 is 0. The Morgan fingerprint density at radius 1 is 0.853 bits per heavy atom. The highest BCUT2D eigenvalue weighted by molar-refractivity contribution is 5.86. The van der Waals surface area contributed by atoms with Crippen LogP contribution in [0.5, 0.6) is 0 Å². The SMILES string of the molecule is O=COC1(c2ccc(-c3ccc(C4=CCC=C4NC(=O)OCc4ccccc4)cc3)cc2)CC1. The molecule has 5 heteroatoms. The highest BCUT2D eigenvalue weighted by Crippen LogP contribution is 2.49. The molecule has 34 heavy (non-hydrogen) atoms. The molecule has 0 spiro atoms. The number of hydrogen-bond donors (Lipinski definition) is 1. The Bertz CT molecular complexity index is 1240. The molecule has 5 nitrogen and oxygen atoms in total. The predicted octanol–water partition coefficient (Wildman–Crippen LogP) is 6.11. The average Bonchev–Trinajstić information content (AvgIpc) is 3.53. The van der Waals surface area contributed by atoms with E-state index in [1.807, 2.05) is 48.5 Å². The van der Waals surface area contributed by atoms with E-state index in [1.165, 1.54) is 0 Å². The van der Waals surface area contributed by atoms with Crippen LogP contribution in [0, 0.1) is 0 Å². The minimum absolute atomic E-state index is 0.231. The quantitative estimate of drug-likeness (QED) is 0.420. The molecule has 3 aromatic carbocycles. The second kappa shape index (κ2) is 9.40. The normalized spacial score (nSPS) is 15.6. The molecule has 2 aliphatic rings. The molecule has 0 heterocycles. The number of hydrogen-bond acceptors (Lipinski definition) is 4. The third kappa shape index (κ3) is 4.64. The average molecular weight is 452 g/mol. The van der Waals surface area contributed by atoms with Crippen molar-refractivity contribution in [2.24, 2.45) is 0 Å². The molecule has 0 unspecified atom stereocenters. The van der Waals surface area contributed by atoms with Gasteiger partial charge >= 0.3 is 6.09 Å². The standard InChI is InChI=1S/C29H25NO4/c31-20-34-29(17-18-29)25-15-13-23(14-16-25)22-9-11-24(12-10-22)26-7-4-8-27(26)30-28(32)33-19-21-5-2-1-3-6-21/h1-3,5-16,20H,4,17-19H2,(H,30,32). The van der Waals surface area contributed by atoms with Crippen LogP contribution in [0.2, 0.25) is 0 Å². The maximum Gasteiger partial charge on any atom is 0.411 e. The third-order valence-corrected chi connectivity index (χ3v) is 6.30. The highest BCUT2D eigenvalue weighted by atomic mass is 16.6. The second-order valence-corrected chi connectivity index (χ2v) is 8.52. The van der Waals surface area contributed by atoms with Gasteiger partial charge in [-0.2, -0.15) is 0 Å². The lowest BCUT2D eigenvalue weighted by molar-refractivity contribution is -0.136. The van der Waals surface area contributed by atoms with Gasteiger partial charge in [0.2, 0.25) is 0 Å². The van der Waals surface area contributed by atoms with Gasteiger partial charge in [-0.3, -0.25) is 10.1 Å². The van der Waals surface area contributed by atoms with Crippen LogP contribution in [-0.4, -0.2) is 12.6 Å². The summed E-state index contributed by atoms with van der Waals surface area (Å²) in [6, 6.07) is 26.1. The third-order valence-electron chi connectivity index (χ3n) is 6.30. The first-order valence-electron chi connectivity index (χ1n) is 11.4. The number of benzene rings is 3. The first-order valence-corrected chi connectivity index (χ1v) is 11.4. The molecule has 0 aromatic heterocycles. The van der Waals surface area contributed by atoms with Crippen molar-refractivity contribution in [3.63, 3.8) is 0 Å². The lowest BCUT2D eigenvalue weighted by atomic mass is 9.98. The van der Waals surface area contributed by atoms with Gasteiger partial charge in [-0.05, 0) is 47.1 Å². The largest absolute Gasteiger partial charge is 0.456 e. The zero-order valence-corrected chi connectivity index (χ0v) is 18.7. The number of carbonyl (C=O) groups is 2. The van der Waals surface area contributed by atoms with E-state index in [9.17, 15) is 9.59 Å². The van der Waals surface area contributed by atoms with Crippen LogP contribution in [0.4, 0.5) is 4.79 Å². The maximum absolute atomic E-state index is 12.3. The minimum Gasteiger partial charge on any atom is -0.456 e. The van der Waals surface area contributed by atoms with Crippen molar-refractivity contribution in [1.82, 2.24) is 5.32 Å². The predicted molar refractivity (Wildman–Crippen MR) is 130 cm³/mol. The molecule has 0 radical (unpaired) electrons. The van der Waals surface area contributed by atoms with Gasteiger partial charge in [0.25, 0.3) is 6.47 Å². The molecular formula is C29H25NO4. The Kier molecular flexibility index (Phi) is 6.00. The summed E-state index contributed by atoms with van der Waals surface area (Å²) in [6.45, 7) is 0.771. The molecule has 0 saturated heterocycles. The van der Waals surface area contributed by atoms with E-state index in [0.29, 0.717) is 6.47 Å². The summed E-state index contributed by atoms with van der Waals surface area (Å²) in [4.78, 5) is 23.1. The molecule has 3 aromatic rings. The van der Waals surface area contributed by atoms with E-state index >= 15 is 0 Å². The van der Waals surface area contributed by atoms with E-state index in [4.69, 9.17) is 9.47 Å². The molecule has 0 aliphatic heterocycles. The van der Waals surface area contributed by atoms with Crippen LogP contribution < -0.4 is 5.32 Å². The van der Waals surface area contributed by atoms with E-state index in [0.717, 1.165) is 58.3 Å². The van der Waals surface area contributed by atoms with Crippen LogP contribution >= 0.6 is 0 Å². The van der Waals surface area contributed by atoms with Gasteiger partial charge in [0, 0.05) is 11.3 Å². The van der Waals surface area contributed by atoms with Crippen molar-refractivity contribution >= 4 is 18.1 Å². The van der Waals surface area contributed by atoms with Crippen molar-refractivity contribution in [3.8, 4) is 11.1 Å². The van der Waals surface area contributed by atoms with Gasteiger partial charge < -0.3 is 9.47 Å². The van der Waals surface area contributed by atoms with Crippen molar-refractivity contribution < 1.29 is 19.1 Å². The van der Waals surface area contributed by atoms with Gasteiger partial charge in [-0.1, -0.05) is 91.0 Å². The summed E-state index contributed by atoms with van der Waals surface area (Å²) < 4.78 is 10.6. The summed E-state index contributed by atoms with van der Waals surface area (Å²) in [5.74, 6) is 0. The first kappa shape index (κ1) is 21.7. The molecule has 2 aliphatic carbocycles.